The molecule has 1 amide bonds. The smallest absolute Gasteiger partial charge is 0.269 e. The van der Waals surface area contributed by atoms with Gasteiger partial charge in [-0.15, -0.1) is 11.3 Å². The average Bonchev–Trinajstić information content (AvgIpc) is 2.80. The molecule has 2 aromatic rings. The van der Waals surface area contributed by atoms with Crippen molar-refractivity contribution in [3.8, 4) is 0 Å². The number of carbonyl (C=O) groups is 1. The number of carbonyl (C=O) groups excluding carboxylic acids is 1. The summed E-state index contributed by atoms with van der Waals surface area (Å²) in [6.45, 7) is 6.74. The monoisotopic (exact) mass is 337 g/mol. The maximum atomic E-state index is 12.6. The minimum atomic E-state index is 0.0538. The van der Waals surface area contributed by atoms with E-state index in [1.54, 1.807) is 0 Å². The second-order valence-electron chi connectivity index (χ2n) is 4.44. The molecular weight excluding hydrogens is 322 g/mol. The van der Waals surface area contributed by atoms with Gasteiger partial charge in [-0.25, -0.2) is 0 Å². The SMILES string of the molecule is CCN(C(=O)c1sccc1Br)c1cc(C)ccc1C. The van der Waals surface area contributed by atoms with Crippen LogP contribution in [0.2, 0.25) is 0 Å². The predicted octanol–water partition coefficient (Wildman–Crippen LogP) is 4.79. The minimum Gasteiger partial charge on any atom is -0.308 e. The van der Waals surface area contributed by atoms with E-state index < -0.39 is 0 Å². The number of amides is 1. The van der Waals surface area contributed by atoms with Gasteiger partial charge < -0.3 is 4.90 Å². The predicted molar refractivity (Wildman–Crippen MR) is 85.3 cm³/mol. The van der Waals surface area contributed by atoms with E-state index in [0.29, 0.717) is 6.54 Å². The Morgan fingerprint density at radius 3 is 2.63 bits per heavy atom. The summed E-state index contributed by atoms with van der Waals surface area (Å²) < 4.78 is 0.867. The lowest BCUT2D eigenvalue weighted by molar-refractivity contribution is 0.0991. The summed E-state index contributed by atoms with van der Waals surface area (Å²) in [4.78, 5) is 15.2. The summed E-state index contributed by atoms with van der Waals surface area (Å²) in [5, 5.41) is 1.92. The van der Waals surface area contributed by atoms with Crippen LogP contribution >= 0.6 is 27.3 Å². The van der Waals surface area contributed by atoms with Gasteiger partial charge in [-0.05, 0) is 65.3 Å². The van der Waals surface area contributed by atoms with Gasteiger partial charge in [-0.3, -0.25) is 4.79 Å². The van der Waals surface area contributed by atoms with Gasteiger partial charge in [0, 0.05) is 16.7 Å². The van der Waals surface area contributed by atoms with E-state index in [-0.39, 0.29) is 5.91 Å². The zero-order valence-corrected chi connectivity index (χ0v) is 13.6. The number of benzene rings is 1. The maximum Gasteiger partial charge on any atom is 0.269 e. The third-order valence-corrected chi connectivity index (χ3v) is 4.85. The quantitative estimate of drug-likeness (QED) is 0.788. The molecule has 1 heterocycles. The number of nitrogens with zero attached hydrogens (tertiary/aromatic N) is 1. The van der Waals surface area contributed by atoms with Crippen molar-refractivity contribution in [2.24, 2.45) is 0 Å². The first-order valence-electron chi connectivity index (χ1n) is 6.16. The number of hydrogen-bond donors (Lipinski definition) is 0. The first-order valence-corrected chi connectivity index (χ1v) is 7.84. The number of hydrogen-bond acceptors (Lipinski definition) is 2. The lowest BCUT2D eigenvalue weighted by Gasteiger charge is -2.23. The van der Waals surface area contributed by atoms with Crippen LogP contribution in [0.5, 0.6) is 0 Å². The number of anilines is 1. The minimum absolute atomic E-state index is 0.0538. The second-order valence-corrected chi connectivity index (χ2v) is 6.21. The van der Waals surface area contributed by atoms with Crippen LogP contribution in [0.1, 0.15) is 27.7 Å². The Bertz CT molecular complexity index is 606. The molecule has 4 heteroatoms. The second kappa shape index (κ2) is 5.88. The Morgan fingerprint density at radius 1 is 1.32 bits per heavy atom. The van der Waals surface area contributed by atoms with Crippen LogP contribution in [0.4, 0.5) is 5.69 Å². The topological polar surface area (TPSA) is 20.3 Å². The molecule has 0 fully saturated rings. The third kappa shape index (κ3) is 2.90. The van der Waals surface area contributed by atoms with Crippen molar-refractivity contribution in [1.82, 2.24) is 0 Å². The molecule has 0 unspecified atom stereocenters. The molecule has 0 radical (unpaired) electrons. The zero-order valence-electron chi connectivity index (χ0n) is 11.2. The fraction of sp³-hybridized carbons (Fsp3) is 0.267. The zero-order chi connectivity index (χ0) is 14.0. The lowest BCUT2D eigenvalue weighted by Crippen LogP contribution is -2.30. The number of halogens is 1. The average molecular weight is 338 g/mol. The van der Waals surface area contributed by atoms with E-state index in [1.807, 2.05) is 37.1 Å². The van der Waals surface area contributed by atoms with E-state index >= 15 is 0 Å². The van der Waals surface area contributed by atoms with Crippen molar-refractivity contribution in [1.29, 1.82) is 0 Å². The van der Waals surface area contributed by atoms with Gasteiger partial charge in [0.15, 0.2) is 0 Å². The van der Waals surface area contributed by atoms with Gasteiger partial charge in [0.25, 0.3) is 5.91 Å². The molecule has 0 atom stereocenters. The molecule has 0 aliphatic heterocycles. The standard InChI is InChI=1S/C15H16BrNOS/c1-4-17(13-9-10(2)5-6-11(13)3)15(18)14-12(16)7-8-19-14/h5-9H,4H2,1-3H3. The lowest BCUT2D eigenvalue weighted by atomic mass is 10.1. The highest BCUT2D eigenvalue weighted by Crippen LogP contribution is 2.28. The van der Waals surface area contributed by atoms with E-state index in [1.165, 1.54) is 11.3 Å². The molecule has 0 saturated heterocycles. The molecule has 100 valence electrons. The van der Waals surface area contributed by atoms with Crippen LogP contribution in [0.3, 0.4) is 0 Å². The highest BCUT2D eigenvalue weighted by molar-refractivity contribution is 9.10. The van der Waals surface area contributed by atoms with Crippen LogP contribution in [-0.4, -0.2) is 12.5 Å². The maximum absolute atomic E-state index is 12.6. The molecule has 1 aromatic carbocycles. The Kier molecular flexibility index (Phi) is 4.42. The Balaban J connectivity index is 2.43. The summed E-state index contributed by atoms with van der Waals surface area (Å²) in [7, 11) is 0. The molecule has 0 aliphatic rings. The van der Waals surface area contributed by atoms with Crippen molar-refractivity contribution in [2.45, 2.75) is 20.8 Å². The fourth-order valence-corrected chi connectivity index (χ4v) is 3.49. The molecular formula is C15H16BrNOS. The summed E-state index contributed by atoms with van der Waals surface area (Å²) in [6.07, 6.45) is 0. The van der Waals surface area contributed by atoms with Crippen LogP contribution in [0.25, 0.3) is 0 Å². The molecule has 2 nitrogen and oxygen atoms in total. The molecule has 0 bridgehead atoms. The summed E-state index contributed by atoms with van der Waals surface area (Å²) in [6, 6.07) is 8.11. The first-order chi connectivity index (χ1) is 9.04. The van der Waals surface area contributed by atoms with Crippen LogP contribution < -0.4 is 4.90 Å². The largest absolute Gasteiger partial charge is 0.308 e. The summed E-state index contributed by atoms with van der Waals surface area (Å²) in [5.74, 6) is 0.0538. The van der Waals surface area contributed by atoms with E-state index in [0.717, 1.165) is 26.2 Å². The Hall–Kier alpha value is -1.13. The van der Waals surface area contributed by atoms with Gasteiger partial charge >= 0.3 is 0 Å². The summed E-state index contributed by atoms with van der Waals surface area (Å²) >= 11 is 4.90. The number of thiophene rings is 1. The molecule has 0 N–H and O–H groups in total. The molecule has 0 aliphatic carbocycles. The molecule has 2 rings (SSSR count). The molecule has 19 heavy (non-hydrogen) atoms. The fourth-order valence-electron chi connectivity index (χ4n) is 2.00. The van der Waals surface area contributed by atoms with Crippen molar-refractivity contribution in [3.63, 3.8) is 0 Å². The Morgan fingerprint density at radius 2 is 2.05 bits per heavy atom. The summed E-state index contributed by atoms with van der Waals surface area (Å²) in [5.41, 5.74) is 3.28. The Labute approximate surface area is 126 Å². The van der Waals surface area contributed by atoms with Crippen molar-refractivity contribution >= 4 is 38.9 Å². The van der Waals surface area contributed by atoms with Gasteiger partial charge in [0.1, 0.15) is 4.88 Å². The van der Waals surface area contributed by atoms with Crippen LogP contribution in [-0.2, 0) is 0 Å². The van der Waals surface area contributed by atoms with Gasteiger partial charge in [0.2, 0.25) is 0 Å². The normalized spacial score (nSPS) is 10.5. The molecule has 0 saturated carbocycles. The van der Waals surface area contributed by atoms with Crippen LogP contribution in [0, 0.1) is 13.8 Å². The van der Waals surface area contributed by atoms with E-state index in [9.17, 15) is 4.79 Å². The third-order valence-electron chi connectivity index (χ3n) is 3.03. The first kappa shape index (κ1) is 14.3. The van der Waals surface area contributed by atoms with Gasteiger partial charge in [-0.2, -0.15) is 0 Å². The van der Waals surface area contributed by atoms with E-state index in [2.05, 4.69) is 34.1 Å². The molecule has 0 spiro atoms. The van der Waals surface area contributed by atoms with E-state index in [4.69, 9.17) is 0 Å². The number of aryl methyl sites for hydroxylation is 2. The van der Waals surface area contributed by atoms with Crippen LogP contribution in [0.15, 0.2) is 34.1 Å². The highest BCUT2D eigenvalue weighted by atomic mass is 79.9. The molecule has 1 aromatic heterocycles. The number of rotatable bonds is 3. The van der Waals surface area contributed by atoms with Gasteiger partial charge in [0.05, 0.1) is 0 Å². The van der Waals surface area contributed by atoms with Crippen molar-refractivity contribution < 1.29 is 4.79 Å². The van der Waals surface area contributed by atoms with Crippen molar-refractivity contribution in [2.75, 3.05) is 11.4 Å². The van der Waals surface area contributed by atoms with Gasteiger partial charge in [-0.1, -0.05) is 12.1 Å². The highest BCUT2D eigenvalue weighted by Gasteiger charge is 2.20. The van der Waals surface area contributed by atoms with Crippen molar-refractivity contribution in [3.05, 3.63) is 50.1 Å².